The topological polar surface area (TPSA) is 113 Å². The van der Waals surface area contributed by atoms with Crippen molar-refractivity contribution in [2.24, 2.45) is 18.4 Å². The summed E-state index contributed by atoms with van der Waals surface area (Å²) in [4.78, 5) is 18.0. The molecule has 0 unspecified atom stereocenters. The molecule has 9 nitrogen and oxygen atoms in total. The first-order valence-corrected chi connectivity index (χ1v) is 13.7. The molecule has 0 aliphatic heterocycles. The maximum Gasteiger partial charge on any atom is 0.259 e. The summed E-state index contributed by atoms with van der Waals surface area (Å²) in [5, 5.41) is 24.8. The zero-order valence-electron chi connectivity index (χ0n) is 22.1. The lowest BCUT2D eigenvalue weighted by Crippen LogP contribution is -2.44. The van der Waals surface area contributed by atoms with E-state index in [9.17, 15) is 10.1 Å². The van der Waals surface area contributed by atoms with E-state index in [0.29, 0.717) is 46.3 Å². The Morgan fingerprint density at radius 3 is 2.82 bits per heavy atom. The number of aromatic nitrogens is 5. The van der Waals surface area contributed by atoms with E-state index in [4.69, 9.17) is 11.6 Å². The standard InChI is InChI=1S/C29H31ClN8O/c1-28(7-8-28)17-32-14-20-10-23(25-33-15-24(30)38(25)16-20)26(39)35-22-5-3-4-21(11-22)29(12-19(13-29)6-9-31)27-36-34-18-37(27)2/h3-5,10-11,15-16,18-19,32H,6-8,12-14,17H2,1-2H3,(H,35,39). The van der Waals surface area contributed by atoms with E-state index < -0.39 is 0 Å². The van der Waals surface area contributed by atoms with Gasteiger partial charge in [-0.1, -0.05) is 30.7 Å². The van der Waals surface area contributed by atoms with Crippen molar-refractivity contribution in [3.05, 3.63) is 76.7 Å². The Balaban J connectivity index is 1.27. The number of fused-ring (bicyclic) bond motifs is 1. The third-order valence-electron chi connectivity index (χ3n) is 8.31. The Hall–Kier alpha value is -3.74. The van der Waals surface area contributed by atoms with Gasteiger partial charge in [0, 0.05) is 38.4 Å². The summed E-state index contributed by atoms with van der Waals surface area (Å²) >= 11 is 6.40. The van der Waals surface area contributed by atoms with Crippen LogP contribution in [0.5, 0.6) is 0 Å². The number of pyridine rings is 1. The van der Waals surface area contributed by atoms with Gasteiger partial charge in [0.15, 0.2) is 5.65 Å². The predicted molar refractivity (Wildman–Crippen MR) is 148 cm³/mol. The molecular weight excluding hydrogens is 512 g/mol. The second-order valence-corrected chi connectivity index (χ2v) is 11.9. The molecular formula is C29H31ClN8O. The van der Waals surface area contributed by atoms with Crippen LogP contribution < -0.4 is 10.6 Å². The summed E-state index contributed by atoms with van der Waals surface area (Å²) in [6.07, 6.45) is 9.83. The number of hydrogen-bond donors (Lipinski definition) is 2. The number of amides is 1. The van der Waals surface area contributed by atoms with Crippen molar-refractivity contribution in [3.63, 3.8) is 0 Å². The minimum Gasteiger partial charge on any atom is -0.322 e. The van der Waals surface area contributed by atoms with Crippen LogP contribution in [0.2, 0.25) is 5.15 Å². The van der Waals surface area contributed by atoms with Gasteiger partial charge in [-0.3, -0.25) is 9.20 Å². The highest BCUT2D eigenvalue weighted by molar-refractivity contribution is 6.30. The van der Waals surface area contributed by atoms with Crippen LogP contribution in [0.3, 0.4) is 0 Å². The quantitative estimate of drug-likeness (QED) is 0.312. The molecule has 39 heavy (non-hydrogen) atoms. The molecule has 2 fully saturated rings. The van der Waals surface area contributed by atoms with Crippen molar-refractivity contribution in [2.45, 2.75) is 51.0 Å². The predicted octanol–water partition coefficient (Wildman–Crippen LogP) is 4.87. The van der Waals surface area contributed by atoms with Gasteiger partial charge in [0.2, 0.25) is 0 Å². The molecule has 0 atom stereocenters. The van der Waals surface area contributed by atoms with Crippen molar-refractivity contribution in [1.29, 1.82) is 5.26 Å². The lowest BCUT2D eigenvalue weighted by atomic mass is 9.57. The van der Waals surface area contributed by atoms with Gasteiger partial charge in [-0.2, -0.15) is 5.26 Å². The van der Waals surface area contributed by atoms with Gasteiger partial charge >= 0.3 is 0 Å². The molecule has 2 saturated carbocycles. The van der Waals surface area contributed by atoms with Crippen molar-refractivity contribution >= 4 is 28.8 Å². The highest BCUT2D eigenvalue weighted by Gasteiger charge is 2.49. The molecule has 3 aromatic heterocycles. The van der Waals surface area contributed by atoms with Gasteiger partial charge in [-0.15, -0.1) is 10.2 Å². The molecule has 200 valence electrons. The summed E-state index contributed by atoms with van der Waals surface area (Å²) in [6, 6.07) is 12.1. The third kappa shape index (κ3) is 4.79. The molecule has 2 aliphatic rings. The third-order valence-corrected chi connectivity index (χ3v) is 8.59. The normalized spacial score (nSPS) is 21.3. The van der Waals surface area contributed by atoms with Crippen molar-refractivity contribution < 1.29 is 4.79 Å². The number of nitrogens with zero attached hydrogens (tertiary/aromatic N) is 6. The van der Waals surface area contributed by atoms with E-state index in [1.165, 1.54) is 12.8 Å². The Bertz CT molecular complexity index is 1590. The summed E-state index contributed by atoms with van der Waals surface area (Å²) < 4.78 is 3.70. The van der Waals surface area contributed by atoms with E-state index in [-0.39, 0.29) is 11.3 Å². The van der Waals surface area contributed by atoms with Gasteiger partial charge in [-0.05, 0) is 66.3 Å². The number of carbonyl (C=O) groups is 1. The van der Waals surface area contributed by atoms with Crippen LogP contribution in [0.1, 0.15) is 66.3 Å². The Morgan fingerprint density at radius 2 is 2.10 bits per heavy atom. The number of imidazole rings is 1. The van der Waals surface area contributed by atoms with Gasteiger partial charge in [0.1, 0.15) is 17.3 Å². The number of hydrogen-bond acceptors (Lipinski definition) is 6. The summed E-state index contributed by atoms with van der Waals surface area (Å²) in [5.74, 6) is 0.926. The molecule has 0 bridgehead atoms. The Morgan fingerprint density at radius 1 is 1.28 bits per heavy atom. The molecule has 6 rings (SSSR count). The maximum absolute atomic E-state index is 13.6. The lowest BCUT2D eigenvalue weighted by molar-refractivity contribution is 0.102. The highest BCUT2D eigenvalue weighted by Crippen LogP contribution is 2.53. The number of rotatable bonds is 9. The van der Waals surface area contributed by atoms with Crippen LogP contribution in [0.25, 0.3) is 5.65 Å². The smallest absolute Gasteiger partial charge is 0.259 e. The SMILES string of the molecule is Cn1cnnc1C1(c2cccc(NC(=O)c3cc(CNCC4(C)CC4)cn4c(Cl)cnc34)c2)CC(CC#N)C1. The first-order chi connectivity index (χ1) is 18.8. The summed E-state index contributed by atoms with van der Waals surface area (Å²) in [6.45, 7) is 3.87. The number of aryl methyl sites for hydroxylation is 1. The molecule has 2 N–H and O–H groups in total. The fraction of sp³-hybridized carbons (Fsp3) is 0.414. The van der Waals surface area contributed by atoms with Gasteiger partial charge < -0.3 is 15.2 Å². The van der Waals surface area contributed by atoms with E-state index in [2.05, 4.69) is 44.9 Å². The largest absolute Gasteiger partial charge is 0.322 e. The molecule has 1 aromatic carbocycles. The minimum absolute atomic E-state index is 0.251. The van der Waals surface area contributed by atoms with E-state index in [1.807, 2.05) is 42.1 Å². The van der Waals surface area contributed by atoms with E-state index in [0.717, 1.165) is 36.3 Å². The minimum atomic E-state index is -0.346. The molecule has 3 heterocycles. The first kappa shape index (κ1) is 25.5. The molecule has 1 amide bonds. The van der Waals surface area contributed by atoms with Crippen LogP contribution >= 0.6 is 11.6 Å². The Labute approximate surface area is 232 Å². The second-order valence-electron chi connectivity index (χ2n) is 11.5. The van der Waals surface area contributed by atoms with Crippen molar-refractivity contribution in [1.82, 2.24) is 29.5 Å². The van der Waals surface area contributed by atoms with Crippen LogP contribution in [-0.4, -0.2) is 36.6 Å². The fourth-order valence-electron chi connectivity index (χ4n) is 5.83. The molecule has 10 heteroatoms. The molecule has 4 aromatic rings. The molecule has 2 aliphatic carbocycles. The average molecular weight is 543 g/mol. The number of nitriles is 1. The van der Waals surface area contributed by atoms with Crippen molar-refractivity contribution in [3.8, 4) is 6.07 Å². The zero-order valence-corrected chi connectivity index (χ0v) is 22.9. The van der Waals surface area contributed by atoms with Crippen LogP contribution in [0.15, 0.2) is 49.1 Å². The monoisotopic (exact) mass is 542 g/mol. The first-order valence-electron chi connectivity index (χ1n) is 13.3. The maximum atomic E-state index is 13.6. The molecule has 0 spiro atoms. The second kappa shape index (κ2) is 9.78. The molecule has 0 radical (unpaired) electrons. The Kier molecular flexibility index (Phi) is 6.40. The zero-order chi connectivity index (χ0) is 27.2. The van der Waals surface area contributed by atoms with E-state index >= 15 is 0 Å². The van der Waals surface area contributed by atoms with Gasteiger partial charge in [0.25, 0.3) is 5.91 Å². The average Bonchev–Trinajstić information content (AvgIpc) is 3.28. The number of benzene rings is 1. The summed E-state index contributed by atoms with van der Waals surface area (Å²) in [7, 11) is 1.94. The van der Waals surface area contributed by atoms with Crippen LogP contribution in [0, 0.1) is 22.7 Å². The fourth-order valence-corrected chi connectivity index (χ4v) is 6.01. The summed E-state index contributed by atoms with van der Waals surface area (Å²) in [5.41, 5.74) is 3.71. The van der Waals surface area contributed by atoms with Gasteiger partial charge in [-0.25, -0.2) is 4.98 Å². The van der Waals surface area contributed by atoms with E-state index in [1.54, 1.807) is 16.9 Å². The molecule has 0 saturated heterocycles. The van der Waals surface area contributed by atoms with Crippen LogP contribution in [-0.2, 0) is 19.0 Å². The number of carbonyl (C=O) groups excluding carboxylic acids is 1. The number of halogens is 1. The highest BCUT2D eigenvalue weighted by atomic mass is 35.5. The number of nitrogens with one attached hydrogen (secondary N) is 2. The lowest BCUT2D eigenvalue weighted by Gasteiger charge is -2.46. The number of anilines is 1. The van der Waals surface area contributed by atoms with Gasteiger partial charge in [0.05, 0.1) is 23.2 Å². The van der Waals surface area contributed by atoms with Crippen LogP contribution in [0.4, 0.5) is 5.69 Å². The van der Waals surface area contributed by atoms with Crippen molar-refractivity contribution in [2.75, 3.05) is 11.9 Å².